The third-order valence-electron chi connectivity index (χ3n) is 8.81. The zero-order chi connectivity index (χ0) is 31.9. The maximum Gasteiger partial charge on any atom is 0.0995 e. The highest BCUT2D eigenvalue weighted by Gasteiger charge is 2.19. The number of fused-ring (bicyclic) bond motifs is 2. The lowest BCUT2D eigenvalue weighted by molar-refractivity contribution is 1.28. The standard InChI is InChI=1S/C42H26N4S2/c1-2-7-27(8-3-1)28-9-6-10-29(19-28)30-13-14-35-36(20-30)42(32-16-18-44-38(22-32)40-24-48-26-46-40)34-12-5-4-11-33(34)41(35)31-15-17-43-37(21-31)39-23-47-25-45-39/h1-26H. The fourth-order valence-electron chi connectivity index (χ4n) is 6.62. The van der Waals surface area contributed by atoms with Crippen molar-refractivity contribution in [1.29, 1.82) is 0 Å². The smallest absolute Gasteiger partial charge is 0.0995 e. The topological polar surface area (TPSA) is 51.6 Å². The summed E-state index contributed by atoms with van der Waals surface area (Å²) in [5.41, 5.74) is 16.5. The van der Waals surface area contributed by atoms with Crippen molar-refractivity contribution >= 4 is 44.2 Å². The Morgan fingerprint density at radius 1 is 0.333 bits per heavy atom. The van der Waals surface area contributed by atoms with Crippen molar-refractivity contribution in [1.82, 2.24) is 19.9 Å². The molecule has 0 aliphatic rings. The first-order valence-corrected chi connectivity index (χ1v) is 17.5. The van der Waals surface area contributed by atoms with Crippen molar-refractivity contribution in [3.05, 3.63) is 156 Å². The van der Waals surface area contributed by atoms with Crippen molar-refractivity contribution < 1.29 is 0 Å². The molecule has 4 heterocycles. The number of aromatic nitrogens is 4. The minimum absolute atomic E-state index is 0.865. The van der Waals surface area contributed by atoms with Gasteiger partial charge < -0.3 is 0 Å². The molecule has 226 valence electrons. The van der Waals surface area contributed by atoms with E-state index in [1.165, 1.54) is 49.4 Å². The van der Waals surface area contributed by atoms with Gasteiger partial charge >= 0.3 is 0 Å². The van der Waals surface area contributed by atoms with E-state index in [0.717, 1.165) is 39.5 Å². The molecule has 0 saturated carbocycles. The number of hydrogen-bond donors (Lipinski definition) is 0. The van der Waals surface area contributed by atoms with Gasteiger partial charge in [0.15, 0.2) is 0 Å². The maximum atomic E-state index is 4.70. The SMILES string of the molecule is c1ccc(-c2cccc(-c3ccc4c(-c5ccnc(-c6cscn6)c5)c5ccccc5c(-c5ccnc(-c6cscn6)c5)c4c3)c2)cc1. The van der Waals surface area contributed by atoms with E-state index in [-0.39, 0.29) is 0 Å². The van der Waals surface area contributed by atoms with Gasteiger partial charge in [0.25, 0.3) is 0 Å². The number of nitrogens with zero attached hydrogens (tertiary/aromatic N) is 4. The lowest BCUT2D eigenvalue weighted by Gasteiger charge is -2.19. The minimum Gasteiger partial charge on any atom is -0.255 e. The monoisotopic (exact) mass is 650 g/mol. The predicted molar refractivity (Wildman–Crippen MR) is 201 cm³/mol. The van der Waals surface area contributed by atoms with Gasteiger partial charge in [0, 0.05) is 23.2 Å². The summed E-state index contributed by atoms with van der Waals surface area (Å²) in [6, 6.07) is 43.6. The van der Waals surface area contributed by atoms with Crippen molar-refractivity contribution in [2.24, 2.45) is 0 Å². The van der Waals surface area contributed by atoms with Gasteiger partial charge in [-0.2, -0.15) is 0 Å². The summed E-state index contributed by atoms with van der Waals surface area (Å²) in [4.78, 5) is 18.5. The number of rotatable bonds is 6. The Morgan fingerprint density at radius 2 is 0.854 bits per heavy atom. The van der Waals surface area contributed by atoms with Gasteiger partial charge in [-0.1, -0.05) is 84.9 Å². The molecule has 4 nitrogen and oxygen atoms in total. The summed E-state index contributed by atoms with van der Waals surface area (Å²) in [6.45, 7) is 0. The molecule has 6 heteroatoms. The van der Waals surface area contributed by atoms with Crippen LogP contribution in [0.4, 0.5) is 0 Å². The molecule has 0 unspecified atom stereocenters. The lowest BCUT2D eigenvalue weighted by Crippen LogP contribution is -1.94. The summed E-state index contributed by atoms with van der Waals surface area (Å²) >= 11 is 3.16. The molecular formula is C42H26N4S2. The van der Waals surface area contributed by atoms with Crippen LogP contribution in [-0.4, -0.2) is 19.9 Å². The molecule has 5 aromatic carbocycles. The highest BCUT2D eigenvalue weighted by atomic mass is 32.1. The van der Waals surface area contributed by atoms with E-state index < -0.39 is 0 Å². The molecule has 0 radical (unpaired) electrons. The van der Waals surface area contributed by atoms with E-state index in [0.29, 0.717) is 0 Å². The molecule has 48 heavy (non-hydrogen) atoms. The van der Waals surface area contributed by atoms with E-state index in [9.17, 15) is 0 Å². The number of hydrogen-bond acceptors (Lipinski definition) is 6. The highest BCUT2D eigenvalue weighted by Crippen LogP contribution is 2.45. The molecule has 0 saturated heterocycles. The van der Waals surface area contributed by atoms with Gasteiger partial charge in [-0.25, -0.2) is 9.97 Å². The molecular weight excluding hydrogens is 625 g/mol. The first-order valence-electron chi connectivity index (χ1n) is 15.6. The average Bonchev–Trinajstić information content (AvgIpc) is 3.90. The molecule has 0 N–H and O–H groups in total. The van der Waals surface area contributed by atoms with Gasteiger partial charge in [0.2, 0.25) is 0 Å². The fraction of sp³-hybridized carbons (Fsp3) is 0. The van der Waals surface area contributed by atoms with Crippen LogP contribution in [0.3, 0.4) is 0 Å². The first-order chi connectivity index (χ1) is 23.8. The van der Waals surface area contributed by atoms with Crippen LogP contribution in [-0.2, 0) is 0 Å². The second-order valence-electron chi connectivity index (χ2n) is 11.6. The summed E-state index contributed by atoms with van der Waals surface area (Å²) < 4.78 is 0. The Labute approximate surface area is 285 Å². The average molecular weight is 651 g/mol. The quantitative estimate of drug-likeness (QED) is 0.168. The van der Waals surface area contributed by atoms with Gasteiger partial charge in [0.1, 0.15) is 0 Å². The molecule has 0 spiro atoms. The molecule has 9 rings (SSSR count). The molecule has 0 atom stereocenters. The van der Waals surface area contributed by atoms with Crippen LogP contribution in [0.1, 0.15) is 0 Å². The van der Waals surface area contributed by atoms with E-state index >= 15 is 0 Å². The molecule has 0 aliphatic carbocycles. The molecule has 4 aromatic heterocycles. The van der Waals surface area contributed by atoms with Crippen LogP contribution < -0.4 is 0 Å². The van der Waals surface area contributed by atoms with Crippen LogP contribution in [0, 0.1) is 0 Å². The van der Waals surface area contributed by atoms with Crippen LogP contribution >= 0.6 is 22.7 Å². The van der Waals surface area contributed by atoms with Crippen LogP contribution in [0.5, 0.6) is 0 Å². The largest absolute Gasteiger partial charge is 0.255 e. The number of pyridine rings is 2. The van der Waals surface area contributed by atoms with Crippen molar-refractivity contribution in [2.75, 3.05) is 0 Å². The van der Waals surface area contributed by atoms with Crippen molar-refractivity contribution in [2.45, 2.75) is 0 Å². The van der Waals surface area contributed by atoms with Crippen molar-refractivity contribution in [3.8, 4) is 67.3 Å². The summed E-state index contributed by atoms with van der Waals surface area (Å²) in [6.07, 6.45) is 3.79. The summed E-state index contributed by atoms with van der Waals surface area (Å²) in [7, 11) is 0. The third kappa shape index (κ3) is 5.08. The number of benzene rings is 5. The maximum absolute atomic E-state index is 4.70. The Bertz CT molecular complexity index is 2560. The highest BCUT2D eigenvalue weighted by molar-refractivity contribution is 7.08. The van der Waals surface area contributed by atoms with E-state index in [1.54, 1.807) is 22.7 Å². The first kappa shape index (κ1) is 28.4. The zero-order valence-corrected chi connectivity index (χ0v) is 27.2. The van der Waals surface area contributed by atoms with Gasteiger partial charge in [0.05, 0.1) is 33.8 Å². The normalized spacial score (nSPS) is 11.3. The second kappa shape index (κ2) is 12.1. The Hall–Kier alpha value is -5.82. The van der Waals surface area contributed by atoms with Crippen molar-refractivity contribution in [3.63, 3.8) is 0 Å². The van der Waals surface area contributed by atoms with Crippen LogP contribution in [0.25, 0.3) is 88.8 Å². The second-order valence-corrected chi connectivity index (χ2v) is 13.0. The Kier molecular flexibility index (Phi) is 7.15. The molecule has 0 fully saturated rings. The zero-order valence-electron chi connectivity index (χ0n) is 25.6. The lowest BCUT2D eigenvalue weighted by atomic mass is 9.84. The molecule has 9 aromatic rings. The number of thiazole rings is 2. The Balaban J connectivity index is 1.33. The van der Waals surface area contributed by atoms with E-state index in [2.05, 4.69) is 136 Å². The Morgan fingerprint density at radius 3 is 1.46 bits per heavy atom. The molecule has 0 amide bonds. The van der Waals surface area contributed by atoms with Gasteiger partial charge in [-0.05, 0) is 102 Å². The third-order valence-corrected chi connectivity index (χ3v) is 9.99. The predicted octanol–water partition coefficient (Wildman–Crippen LogP) is 11.7. The molecule has 0 bridgehead atoms. The van der Waals surface area contributed by atoms with Gasteiger partial charge in [-0.15, -0.1) is 22.7 Å². The summed E-state index contributed by atoms with van der Waals surface area (Å²) in [5.74, 6) is 0. The minimum atomic E-state index is 0.865. The van der Waals surface area contributed by atoms with E-state index in [4.69, 9.17) is 4.98 Å². The van der Waals surface area contributed by atoms with Crippen LogP contribution in [0.15, 0.2) is 156 Å². The van der Waals surface area contributed by atoms with E-state index in [1.807, 2.05) is 34.2 Å². The van der Waals surface area contributed by atoms with Crippen LogP contribution in [0.2, 0.25) is 0 Å². The van der Waals surface area contributed by atoms with Gasteiger partial charge in [-0.3, -0.25) is 9.97 Å². The summed E-state index contributed by atoms with van der Waals surface area (Å²) in [5, 5.41) is 8.80. The molecule has 0 aliphatic heterocycles. The fourth-order valence-corrected chi connectivity index (χ4v) is 7.71.